The summed E-state index contributed by atoms with van der Waals surface area (Å²) >= 11 is 0. The van der Waals surface area contributed by atoms with Crippen LogP contribution in [0.4, 0.5) is 37.9 Å². The predicted molar refractivity (Wildman–Crippen MR) is 124 cm³/mol. The van der Waals surface area contributed by atoms with E-state index < -0.39 is 27.3 Å². The van der Waals surface area contributed by atoms with Gasteiger partial charge in [0.2, 0.25) is 5.95 Å². The first kappa shape index (κ1) is 24.0. The van der Waals surface area contributed by atoms with E-state index in [-0.39, 0.29) is 40.7 Å². The molecule has 0 aliphatic heterocycles. The van der Waals surface area contributed by atoms with E-state index in [0.717, 1.165) is 12.1 Å². The van der Waals surface area contributed by atoms with Gasteiger partial charge in [-0.2, -0.15) is 9.35 Å². The van der Waals surface area contributed by atoms with Gasteiger partial charge in [0.05, 0.1) is 5.69 Å². The molecule has 0 saturated carbocycles. The largest absolute Gasteiger partial charge is 0.350 e. The maximum absolute atomic E-state index is 14.0. The van der Waals surface area contributed by atoms with Crippen molar-refractivity contribution in [2.75, 3.05) is 23.1 Å². The molecule has 2 aromatic heterocycles. The Morgan fingerprint density at radius 3 is 2.52 bits per heavy atom. The van der Waals surface area contributed by atoms with Crippen LogP contribution in [0.2, 0.25) is 0 Å². The molecule has 0 spiro atoms. The molecule has 3 N–H and O–H groups in total. The van der Waals surface area contributed by atoms with Crippen LogP contribution in [-0.2, 0) is 9.73 Å². The van der Waals surface area contributed by atoms with E-state index >= 15 is 0 Å². The molecule has 1 aromatic carbocycles. The highest BCUT2D eigenvalue weighted by atomic mass is 32.2. The summed E-state index contributed by atoms with van der Waals surface area (Å²) in [7, 11) is -2.43. The number of nitrogens with one attached hydrogen (secondary N) is 3. The normalized spacial score (nSPS) is 11.2. The summed E-state index contributed by atoms with van der Waals surface area (Å²) in [5.41, 5.74) is 0.0778. The van der Waals surface area contributed by atoms with Crippen molar-refractivity contribution in [2.45, 2.75) is 19.9 Å². The Morgan fingerprint density at radius 1 is 1.09 bits per heavy atom. The zero-order valence-electron chi connectivity index (χ0n) is 18.4. The first-order valence-electron chi connectivity index (χ1n) is 9.81. The highest BCUT2D eigenvalue weighted by molar-refractivity contribution is 7.92. The fraction of sp³-hybridized carbons (Fsp3) is 0.238. The van der Waals surface area contributed by atoms with Crippen molar-refractivity contribution in [2.24, 2.45) is 4.36 Å². The van der Waals surface area contributed by atoms with Crippen LogP contribution < -0.4 is 16.0 Å². The highest BCUT2D eigenvalue weighted by Gasteiger charge is 2.17. The molecule has 174 valence electrons. The van der Waals surface area contributed by atoms with E-state index in [1.54, 1.807) is 32.0 Å². The zero-order valence-corrected chi connectivity index (χ0v) is 19.2. The van der Waals surface area contributed by atoms with Gasteiger partial charge in [0.15, 0.2) is 5.82 Å². The molecule has 0 atom stereocenters. The molecule has 0 bridgehead atoms. The standard InChI is InChI=1S/C21H23F2N7O2S/c1-12(2)25-20(31)14-11-24-21(26-16-9-8-13(22)10-15(16)23)29-19(14)28-17-6-5-7-18(27-17)30-33(3,4)32/h5-12H,1-4H3,(H,25,31)(H2,24,26,27,28,29). The summed E-state index contributed by atoms with van der Waals surface area (Å²) in [6.45, 7) is 3.61. The summed E-state index contributed by atoms with van der Waals surface area (Å²) < 4.78 is 43.3. The number of nitrogens with zero attached hydrogens (tertiary/aromatic N) is 4. The Morgan fingerprint density at radius 2 is 1.85 bits per heavy atom. The second-order valence-electron chi connectivity index (χ2n) is 7.61. The summed E-state index contributed by atoms with van der Waals surface area (Å²) in [4.78, 5) is 25.3. The van der Waals surface area contributed by atoms with Crippen molar-refractivity contribution in [3.8, 4) is 0 Å². The zero-order chi connectivity index (χ0) is 24.2. The monoisotopic (exact) mass is 475 g/mol. The van der Waals surface area contributed by atoms with Gasteiger partial charge in [-0.3, -0.25) is 4.79 Å². The number of carbonyl (C=O) groups is 1. The summed E-state index contributed by atoms with van der Waals surface area (Å²) in [6.07, 6.45) is 4.25. The number of benzene rings is 1. The van der Waals surface area contributed by atoms with Gasteiger partial charge in [0, 0.05) is 40.5 Å². The van der Waals surface area contributed by atoms with Gasteiger partial charge >= 0.3 is 0 Å². The van der Waals surface area contributed by atoms with Crippen molar-refractivity contribution in [1.29, 1.82) is 0 Å². The smallest absolute Gasteiger partial charge is 0.256 e. The molecule has 0 fully saturated rings. The number of anilines is 4. The molecule has 9 nitrogen and oxygen atoms in total. The van der Waals surface area contributed by atoms with Crippen LogP contribution in [0.5, 0.6) is 0 Å². The summed E-state index contributed by atoms with van der Waals surface area (Å²) in [5.74, 6) is -1.39. The second kappa shape index (κ2) is 9.86. The first-order chi connectivity index (χ1) is 15.5. The molecule has 3 rings (SSSR count). The maximum atomic E-state index is 14.0. The lowest BCUT2D eigenvalue weighted by Gasteiger charge is -2.14. The van der Waals surface area contributed by atoms with Crippen LogP contribution in [0.1, 0.15) is 24.2 Å². The Labute approximate surface area is 190 Å². The fourth-order valence-corrected chi connectivity index (χ4v) is 3.20. The van der Waals surface area contributed by atoms with Crippen molar-refractivity contribution in [3.05, 3.63) is 59.8 Å². The van der Waals surface area contributed by atoms with Crippen LogP contribution in [0, 0.1) is 11.6 Å². The van der Waals surface area contributed by atoms with Crippen molar-refractivity contribution in [1.82, 2.24) is 20.3 Å². The average Bonchev–Trinajstić information content (AvgIpc) is 2.69. The van der Waals surface area contributed by atoms with Gasteiger partial charge in [-0.25, -0.2) is 23.0 Å². The number of aromatic nitrogens is 3. The topological polar surface area (TPSA) is 121 Å². The minimum Gasteiger partial charge on any atom is -0.350 e. The SMILES string of the molecule is CC(C)NC(=O)c1cnc(Nc2ccc(F)cc2F)nc1Nc1cccc(N=S(C)(C)=O)n1. The molecular weight excluding hydrogens is 452 g/mol. The molecule has 0 aliphatic carbocycles. The van der Waals surface area contributed by atoms with E-state index in [4.69, 9.17) is 0 Å². The van der Waals surface area contributed by atoms with Gasteiger partial charge in [-0.1, -0.05) is 6.07 Å². The highest BCUT2D eigenvalue weighted by Crippen LogP contribution is 2.24. The van der Waals surface area contributed by atoms with Crippen LogP contribution in [0.25, 0.3) is 0 Å². The predicted octanol–water partition coefficient (Wildman–Crippen LogP) is 4.13. The first-order valence-corrected chi connectivity index (χ1v) is 12.1. The van der Waals surface area contributed by atoms with Crippen molar-refractivity contribution in [3.63, 3.8) is 0 Å². The third-order valence-electron chi connectivity index (χ3n) is 3.92. The summed E-state index contributed by atoms with van der Waals surface area (Å²) in [6, 6.07) is 7.75. The lowest BCUT2D eigenvalue weighted by Crippen LogP contribution is -2.31. The number of carbonyl (C=O) groups excluding carboxylic acids is 1. The molecule has 0 saturated heterocycles. The molecule has 3 aromatic rings. The Bertz CT molecular complexity index is 1300. The molecule has 2 heterocycles. The molecule has 0 unspecified atom stereocenters. The minimum absolute atomic E-state index is 0.0323. The van der Waals surface area contributed by atoms with Gasteiger partial charge < -0.3 is 16.0 Å². The van der Waals surface area contributed by atoms with Crippen LogP contribution >= 0.6 is 0 Å². The van der Waals surface area contributed by atoms with Gasteiger partial charge in [0.25, 0.3) is 5.91 Å². The average molecular weight is 476 g/mol. The third-order valence-corrected chi connectivity index (χ3v) is 4.55. The van der Waals surface area contributed by atoms with Crippen molar-refractivity contribution >= 4 is 44.7 Å². The number of halogens is 2. The Balaban J connectivity index is 1.99. The number of rotatable bonds is 7. The molecule has 1 amide bonds. The molecular formula is C21H23F2N7O2S. The Kier molecular flexibility index (Phi) is 7.16. The van der Waals surface area contributed by atoms with E-state index in [9.17, 15) is 17.8 Å². The Hall–Kier alpha value is -3.67. The number of amides is 1. The molecule has 12 heteroatoms. The minimum atomic E-state index is -2.43. The molecule has 33 heavy (non-hydrogen) atoms. The molecule has 0 radical (unpaired) electrons. The van der Waals surface area contributed by atoms with Gasteiger partial charge in [0.1, 0.15) is 28.8 Å². The van der Waals surface area contributed by atoms with Crippen molar-refractivity contribution < 1.29 is 17.8 Å². The van der Waals surface area contributed by atoms with E-state index in [0.29, 0.717) is 0 Å². The molecule has 0 aliphatic rings. The number of hydrogen-bond acceptors (Lipinski definition) is 8. The van der Waals surface area contributed by atoms with Gasteiger partial charge in [-0.05, 0) is 38.1 Å². The van der Waals surface area contributed by atoms with Crippen LogP contribution in [0.3, 0.4) is 0 Å². The van der Waals surface area contributed by atoms with Crippen LogP contribution in [0.15, 0.2) is 47.0 Å². The number of hydrogen-bond donors (Lipinski definition) is 3. The number of pyridine rings is 1. The van der Waals surface area contributed by atoms with Gasteiger partial charge in [-0.15, -0.1) is 0 Å². The second-order valence-corrected chi connectivity index (χ2v) is 10.2. The fourth-order valence-electron chi connectivity index (χ4n) is 2.65. The van der Waals surface area contributed by atoms with E-state index in [2.05, 4.69) is 35.3 Å². The van der Waals surface area contributed by atoms with Crippen LogP contribution in [-0.4, -0.2) is 43.6 Å². The summed E-state index contributed by atoms with van der Waals surface area (Å²) in [5, 5.41) is 8.35. The quantitative estimate of drug-likeness (QED) is 0.470. The van der Waals surface area contributed by atoms with E-state index in [1.807, 2.05) is 0 Å². The van der Waals surface area contributed by atoms with E-state index in [1.165, 1.54) is 24.8 Å². The lowest BCUT2D eigenvalue weighted by atomic mass is 10.2. The lowest BCUT2D eigenvalue weighted by molar-refractivity contribution is 0.0943. The maximum Gasteiger partial charge on any atom is 0.256 e. The third kappa shape index (κ3) is 6.91.